The van der Waals surface area contributed by atoms with E-state index in [0.29, 0.717) is 5.56 Å². The Bertz CT molecular complexity index is 393. The summed E-state index contributed by atoms with van der Waals surface area (Å²) in [5.41, 5.74) is 0.405. The molecule has 1 aromatic rings. The highest BCUT2D eigenvalue weighted by Gasteiger charge is 2.29. The van der Waals surface area contributed by atoms with Crippen molar-refractivity contribution < 1.29 is 14.0 Å². The first kappa shape index (κ1) is 14.3. The molecule has 0 saturated carbocycles. The van der Waals surface area contributed by atoms with Gasteiger partial charge in [0.2, 0.25) is 0 Å². The summed E-state index contributed by atoms with van der Waals surface area (Å²) in [6, 6.07) is 3.34. The Morgan fingerprint density at radius 3 is 2.53 bits per heavy atom. The lowest BCUT2D eigenvalue weighted by Crippen LogP contribution is -2.40. The second kappa shape index (κ2) is 5.25. The SMILES string of the molecule is C[C@H](N[S@+]([O-])C(C)(C)C)c1cc(F)ccc1O. The summed E-state index contributed by atoms with van der Waals surface area (Å²) in [4.78, 5) is 0. The van der Waals surface area contributed by atoms with Crippen LogP contribution in [0.3, 0.4) is 0 Å². The number of nitrogens with one attached hydrogen (secondary N) is 1. The fourth-order valence-electron chi connectivity index (χ4n) is 1.27. The van der Waals surface area contributed by atoms with Crippen molar-refractivity contribution >= 4 is 11.4 Å². The van der Waals surface area contributed by atoms with Gasteiger partial charge in [0, 0.05) is 16.9 Å². The molecule has 0 aliphatic rings. The van der Waals surface area contributed by atoms with Gasteiger partial charge in [0.05, 0.1) is 6.04 Å². The van der Waals surface area contributed by atoms with Crippen LogP contribution in [-0.2, 0) is 11.4 Å². The fourth-order valence-corrected chi connectivity index (χ4v) is 2.07. The van der Waals surface area contributed by atoms with Gasteiger partial charge in [-0.25, -0.2) is 4.39 Å². The molecule has 0 aliphatic carbocycles. The minimum atomic E-state index is -1.27. The van der Waals surface area contributed by atoms with Crippen molar-refractivity contribution in [1.82, 2.24) is 4.72 Å². The van der Waals surface area contributed by atoms with Gasteiger partial charge in [0.1, 0.15) is 16.3 Å². The second-order valence-corrected chi connectivity index (χ2v) is 6.92. The highest BCUT2D eigenvalue weighted by atomic mass is 32.2. The van der Waals surface area contributed by atoms with Crippen molar-refractivity contribution in [1.29, 1.82) is 0 Å². The largest absolute Gasteiger partial charge is 0.598 e. The third-order valence-corrected chi connectivity index (χ3v) is 3.98. The Kier molecular flexibility index (Phi) is 4.41. The molecule has 0 spiro atoms. The van der Waals surface area contributed by atoms with Gasteiger partial charge in [0.15, 0.2) is 0 Å². The van der Waals surface area contributed by atoms with Crippen molar-refractivity contribution in [3.05, 3.63) is 29.6 Å². The normalized spacial score (nSPS) is 15.6. The number of hydrogen-bond acceptors (Lipinski definition) is 3. The van der Waals surface area contributed by atoms with Crippen molar-refractivity contribution in [3.63, 3.8) is 0 Å². The van der Waals surface area contributed by atoms with E-state index in [0.717, 1.165) is 0 Å². The van der Waals surface area contributed by atoms with Crippen molar-refractivity contribution in [3.8, 4) is 5.75 Å². The Morgan fingerprint density at radius 1 is 1.41 bits per heavy atom. The lowest BCUT2D eigenvalue weighted by atomic mass is 10.1. The first-order chi connectivity index (χ1) is 7.71. The van der Waals surface area contributed by atoms with E-state index >= 15 is 0 Å². The van der Waals surface area contributed by atoms with Crippen LogP contribution in [0.5, 0.6) is 5.75 Å². The van der Waals surface area contributed by atoms with Crippen LogP contribution in [-0.4, -0.2) is 14.4 Å². The topological polar surface area (TPSA) is 55.3 Å². The molecule has 17 heavy (non-hydrogen) atoms. The van der Waals surface area contributed by atoms with E-state index in [1.165, 1.54) is 18.2 Å². The summed E-state index contributed by atoms with van der Waals surface area (Å²) in [5, 5.41) is 9.62. The average molecular weight is 259 g/mol. The third kappa shape index (κ3) is 3.87. The van der Waals surface area contributed by atoms with Crippen molar-refractivity contribution in [2.24, 2.45) is 0 Å². The Morgan fingerprint density at radius 2 is 2.00 bits per heavy atom. The van der Waals surface area contributed by atoms with E-state index in [-0.39, 0.29) is 11.8 Å². The molecular weight excluding hydrogens is 241 g/mol. The average Bonchev–Trinajstić information content (AvgIpc) is 2.20. The van der Waals surface area contributed by atoms with Gasteiger partial charge < -0.3 is 9.66 Å². The van der Waals surface area contributed by atoms with Crippen LogP contribution in [0.4, 0.5) is 4.39 Å². The molecule has 0 aliphatic heterocycles. The third-order valence-electron chi connectivity index (χ3n) is 2.30. The van der Waals surface area contributed by atoms with E-state index in [4.69, 9.17) is 0 Å². The first-order valence-electron chi connectivity index (χ1n) is 5.38. The van der Waals surface area contributed by atoms with E-state index in [1.54, 1.807) is 6.92 Å². The molecule has 0 heterocycles. The van der Waals surface area contributed by atoms with Crippen LogP contribution >= 0.6 is 0 Å². The number of halogens is 1. The molecule has 2 atom stereocenters. The first-order valence-corrected chi connectivity index (χ1v) is 6.53. The quantitative estimate of drug-likeness (QED) is 0.820. The Labute approximate surface area is 104 Å². The van der Waals surface area contributed by atoms with Crippen LogP contribution in [0, 0.1) is 5.82 Å². The zero-order chi connectivity index (χ0) is 13.2. The summed E-state index contributed by atoms with van der Waals surface area (Å²) in [6.45, 7) is 7.26. The highest BCUT2D eigenvalue weighted by molar-refractivity contribution is 7.90. The minimum Gasteiger partial charge on any atom is -0.598 e. The summed E-state index contributed by atoms with van der Waals surface area (Å²) in [7, 11) is 0. The molecule has 0 saturated heterocycles. The van der Waals surface area contributed by atoms with Gasteiger partial charge in [-0.3, -0.25) is 0 Å². The van der Waals surface area contributed by atoms with Gasteiger partial charge in [-0.05, 0) is 45.9 Å². The molecule has 2 N–H and O–H groups in total. The van der Waals surface area contributed by atoms with Crippen LogP contribution in [0.25, 0.3) is 0 Å². The number of hydrogen-bond donors (Lipinski definition) is 2. The molecule has 1 rings (SSSR count). The molecule has 1 aromatic carbocycles. The molecule has 0 unspecified atom stereocenters. The molecule has 96 valence electrons. The van der Waals surface area contributed by atoms with Gasteiger partial charge in [-0.15, -0.1) is 4.72 Å². The van der Waals surface area contributed by atoms with Gasteiger partial charge in [-0.1, -0.05) is 0 Å². The van der Waals surface area contributed by atoms with E-state index in [2.05, 4.69) is 4.72 Å². The number of rotatable bonds is 3. The number of benzene rings is 1. The standard InChI is InChI=1S/C12H18FNO2S/c1-8(14-17(16)12(2,3)4)10-7-9(13)5-6-11(10)15/h5-8,14-15H,1-4H3/t8-,17+/m0/s1. The molecule has 5 heteroatoms. The van der Waals surface area contributed by atoms with Gasteiger partial charge in [0.25, 0.3) is 0 Å². The van der Waals surface area contributed by atoms with Gasteiger partial charge >= 0.3 is 0 Å². The number of aromatic hydroxyl groups is 1. The maximum atomic E-state index is 13.1. The molecule has 3 nitrogen and oxygen atoms in total. The second-order valence-electron chi connectivity index (χ2n) is 4.92. The van der Waals surface area contributed by atoms with Crippen LogP contribution in [0.15, 0.2) is 18.2 Å². The lowest BCUT2D eigenvalue weighted by molar-refractivity contribution is 0.456. The smallest absolute Gasteiger partial charge is 0.136 e. The van der Waals surface area contributed by atoms with Gasteiger partial charge in [-0.2, -0.15) is 0 Å². The number of phenols is 1. The predicted octanol–water partition coefficient (Wildman–Crippen LogP) is 2.64. The maximum Gasteiger partial charge on any atom is 0.136 e. The Hall–Kier alpha value is -0.780. The maximum absolute atomic E-state index is 13.1. The van der Waals surface area contributed by atoms with Crippen molar-refractivity contribution in [2.75, 3.05) is 0 Å². The molecule has 0 radical (unpaired) electrons. The lowest BCUT2D eigenvalue weighted by Gasteiger charge is -2.26. The molecule has 0 aromatic heterocycles. The summed E-state index contributed by atoms with van der Waals surface area (Å²) in [6.07, 6.45) is 0. The summed E-state index contributed by atoms with van der Waals surface area (Å²) < 4.78 is 27.4. The molecular formula is C12H18FNO2S. The number of phenolic OH excluding ortho intramolecular Hbond substituents is 1. The zero-order valence-electron chi connectivity index (χ0n) is 10.5. The summed E-state index contributed by atoms with van der Waals surface area (Å²) >= 11 is -1.27. The van der Waals surface area contributed by atoms with Crippen LogP contribution < -0.4 is 4.72 Å². The highest BCUT2D eigenvalue weighted by Crippen LogP contribution is 2.26. The van der Waals surface area contributed by atoms with E-state index < -0.39 is 21.9 Å². The van der Waals surface area contributed by atoms with E-state index in [9.17, 15) is 14.0 Å². The van der Waals surface area contributed by atoms with Crippen LogP contribution in [0.1, 0.15) is 39.3 Å². The monoisotopic (exact) mass is 259 g/mol. The molecule has 0 fully saturated rings. The minimum absolute atomic E-state index is 0.00249. The molecule has 0 bridgehead atoms. The Balaban J connectivity index is 2.83. The fraction of sp³-hybridized carbons (Fsp3) is 0.500. The van der Waals surface area contributed by atoms with Crippen molar-refractivity contribution in [2.45, 2.75) is 38.5 Å². The zero-order valence-corrected chi connectivity index (χ0v) is 11.3. The predicted molar refractivity (Wildman–Crippen MR) is 67.5 cm³/mol. The van der Waals surface area contributed by atoms with Crippen LogP contribution in [0.2, 0.25) is 0 Å². The van der Waals surface area contributed by atoms with E-state index in [1.807, 2.05) is 20.8 Å². The summed E-state index contributed by atoms with van der Waals surface area (Å²) in [5.74, 6) is -0.426. The molecule has 0 amide bonds.